The second kappa shape index (κ2) is 4.84. The summed E-state index contributed by atoms with van der Waals surface area (Å²) in [6.07, 6.45) is 1.10. The van der Waals surface area contributed by atoms with E-state index in [1.165, 1.54) is 0 Å². The van der Waals surface area contributed by atoms with Gasteiger partial charge in [-0.2, -0.15) is 0 Å². The fourth-order valence-electron chi connectivity index (χ4n) is 1.21. The molecule has 0 aliphatic rings. The maximum atomic E-state index is 11.5. The summed E-state index contributed by atoms with van der Waals surface area (Å²) in [7, 11) is -3.37. The van der Waals surface area contributed by atoms with Crippen molar-refractivity contribution in [3.63, 3.8) is 0 Å². The van der Waals surface area contributed by atoms with E-state index < -0.39 is 15.7 Å². The van der Waals surface area contributed by atoms with Crippen LogP contribution in [-0.4, -0.2) is 27.1 Å². The van der Waals surface area contributed by atoms with Gasteiger partial charge in [-0.25, -0.2) is 8.42 Å². The number of benzene rings is 1. The molecule has 0 aliphatic carbocycles. The van der Waals surface area contributed by atoms with Crippen LogP contribution in [0.1, 0.15) is 0 Å². The predicted molar refractivity (Wildman–Crippen MR) is 64.9 cm³/mol. The fourth-order valence-corrected chi connectivity index (χ4v) is 3.42. The number of anilines is 1. The van der Waals surface area contributed by atoms with Gasteiger partial charge in [-0.1, -0.05) is 6.07 Å². The van der Waals surface area contributed by atoms with Gasteiger partial charge in [-0.15, -0.1) is 0 Å². The van der Waals surface area contributed by atoms with Crippen molar-refractivity contribution in [2.75, 3.05) is 18.1 Å². The highest BCUT2D eigenvalue weighted by atomic mass is 79.9. The van der Waals surface area contributed by atoms with Crippen molar-refractivity contribution in [2.45, 2.75) is 4.90 Å². The highest BCUT2D eigenvalue weighted by Crippen LogP contribution is 2.29. The van der Waals surface area contributed by atoms with Crippen LogP contribution in [-0.2, 0) is 14.6 Å². The minimum absolute atomic E-state index is 0.112. The van der Waals surface area contributed by atoms with Crippen molar-refractivity contribution in [1.82, 2.24) is 0 Å². The van der Waals surface area contributed by atoms with Crippen molar-refractivity contribution < 1.29 is 13.2 Å². The zero-order valence-corrected chi connectivity index (χ0v) is 10.9. The summed E-state index contributed by atoms with van der Waals surface area (Å²) in [5.41, 5.74) is 5.33. The third-order valence-electron chi connectivity index (χ3n) is 1.79. The average Bonchev–Trinajstić information content (AvgIpc) is 2.12. The summed E-state index contributed by atoms with van der Waals surface area (Å²) in [6.45, 7) is -0.112. The van der Waals surface area contributed by atoms with Crippen LogP contribution < -0.4 is 11.1 Å². The first-order valence-electron chi connectivity index (χ1n) is 4.33. The van der Waals surface area contributed by atoms with Crippen LogP contribution in [0.25, 0.3) is 0 Å². The van der Waals surface area contributed by atoms with Gasteiger partial charge in [-0.05, 0) is 28.1 Å². The lowest BCUT2D eigenvalue weighted by atomic mass is 10.3. The standard InChI is InChI=1S/C9H11BrN2O3S/c1-16(14,15)9-6(10)3-2-4-7(9)12-5-8(11)13/h2-4,12H,5H2,1H3,(H2,11,13). The zero-order valence-electron chi connectivity index (χ0n) is 8.53. The summed E-state index contributed by atoms with van der Waals surface area (Å²) in [5, 5.41) is 2.68. The highest BCUT2D eigenvalue weighted by Gasteiger charge is 2.16. The van der Waals surface area contributed by atoms with Crippen LogP contribution in [0.4, 0.5) is 5.69 Å². The number of carbonyl (C=O) groups is 1. The zero-order chi connectivity index (χ0) is 12.3. The molecule has 0 aliphatic heterocycles. The minimum atomic E-state index is -3.37. The third kappa shape index (κ3) is 3.21. The van der Waals surface area contributed by atoms with E-state index in [2.05, 4.69) is 21.2 Å². The quantitative estimate of drug-likeness (QED) is 0.859. The maximum Gasteiger partial charge on any atom is 0.236 e. The number of hydrogen-bond acceptors (Lipinski definition) is 4. The van der Waals surface area contributed by atoms with E-state index in [0.29, 0.717) is 10.2 Å². The van der Waals surface area contributed by atoms with Crippen LogP contribution in [0.3, 0.4) is 0 Å². The average molecular weight is 307 g/mol. The van der Waals surface area contributed by atoms with Crippen LogP contribution in [0.2, 0.25) is 0 Å². The second-order valence-corrected chi connectivity index (χ2v) is 6.02. The molecule has 3 N–H and O–H groups in total. The van der Waals surface area contributed by atoms with E-state index in [4.69, 9.17) is 5.73 Å². The van der Waals surface area contributed by atoms with E-state index in [1.54, 1.807) is 18.2 Å². The van der Waals surface area contributed by atoms with Gasteiger partial charge in [0.1, 0.15) is 4.90 Å². The topological polar surface area (TPSA) is 89.3 Å². The summed E-state index contributed by atoms with van der Waals surface area (Å²) >= 11 is 3.15. The number of halogens is 1. The van der Waals surface area contributed by atoms with E-state index in [-0.39, 0.29) is 11.4 Å². The molecule has 1 rings (SSSR count). The fraction of sp³-hybridized carbons (Fsp3) is 0.222. The molecule has 0 radical (unpaired) electrons. The summed E-state index contributed by atoms with van der Waals surface area (Å²) in [4.78, 5) is 10.7. The SMILES string of the molecule is CS(=O)(=O)c1c(Br)cccc1NCC(N)=O. The Kier molecular flexibility index (Phi) is 3.93. The summed E-state index contributed by atoms with van der Waals surface area (Å²) in [6, 6.07) is 4.86. The summed E-state index contributed by atoms with van der Waals surface area (Å²) < 4.78 is 23.5. The van der Waals surface area contributed by atoms with Gasteiger partial charge in [0.05, 0.1) is 12.2 Å². The molecule has 7 heteroatoms. The van der Waals surface area contributed by atoms with Crippen LogP contribution in [0, 0.1) is 0 Å². The van der Waals surface area contributed by atoms with Crippen LogP contribution in [0.5, 0.6) is 0 Å². The van der Waals surface area contributed by atoms with Gasteiger partial charge < -0.3 is 11.1 Å². The van der Waals surface area contributed by atoms with E-state index in [9.17, 15) is 13.2 Å². The molecule has 0 saturated heterocycles. The van der Waals surface area contributed by atoms with Gasteiger partial charge in [0.15, 0.2) is 9.84 Å². The molecule has 0 spiro atoms. The second-order valence-electron chi connectivity index (χ2n) is 3.21. The normalized spacial score (nSPS) is 11.1. The molecule has 1 aromatic carbocycles. The Balaban J connectivity index is 3.19. The number of carbonyl (C=O) groups excluding carboxylic acids is 1. The van der Waals surface area contributed by atoms with Crippen LogP contribution in [0.15, 0.2) is 27.6 Å². The lowest BCUT2D eigenvalue weighted by Crippen LogP contribution is -2.22. The molecule has 1 aromatic rings. The minimum Gasteiger partial charge on any atom is -0.375 e. The lowest BCUT2D eigenvalue weighted by Gasteiger charge is -2.10. The van der Waals surface area contributed by atoms with E-state index >= 15 is 0 Å². The van der Waals surface area contributed by atoms with Crippen molar-refractivity contribution >= 4 is 37.4 Å². The number of sulfone groups is 1. The van der Waals surface area contributed by atoms with Crippen LogP contribution >= 0.6 is 15.9 Å². The largest absolute Gasteiger partial charge is 0.375 e. The van der Waals surface area contributed by atoms with Gasteiger partial charge >= 0.3 is 0 Å². The molecule has 0 fully saturated rings. The molecule has 0 bridgehead atoms. The molecule has 0 aromatic heterocycles. The Labute approximate surface area is 102 Å². The van der Waals surface area contributed by atoms with Crippen molar-refractivity contribution in [3.05, 3.63) is 22.7 Å². The number of hydrogen-bond donors (Lipinski definition) is 2. The molecule has 1 amide bonds. The molecule has 0 atom stereocenters. The molecular formula is C9H11BrN2O3S. The smallest absolute Gasteiger partial charge is 0.236 e. The molecule has 0 heterocycles. The number of nitrogens with one attached hydrogen (secondary N) is 1. The first-order valence-corrected chi connectivity index (χ1v) is 7.01. The first kappa shape index (κ1) is 13.0. The van der Waals surface area contributed by atoms with Crippen molar-refractivity contribution in [3.8, 4) is 0 Å². The third-order valence-corrected chi connectivity index (χ3v) is 3.90. The Morgan fingerprint density at radius 2 is 2.12 bits per heavy atom. The van der Waals surface area contributed by atoms with Gasteiger partial charge in [0.25, 0.3) is 0 Å². The maximum absolute atomic E-state index is 11.5. The van der Waals surface area contributed by atoms with E-state index in [0.717, 1.165) is 6.26 Å². The first-order chi connectivity index (χ1) is 7.32. The molecule has 16 heavy (non-hydrogen) atoms. The van der Waals surface area contributed by atoms with Crippen molar-refractivity contribution in [1.29, 1.82) is 0 Å². The Morgan fingerprint density at radius 3 is 2.62 bits per heavy atom. The molecular weight excluding hydrogens is 296 g/mol. The number of rotatable bonds is 4. The molecule has 88 valence electrons. The van der Waals surface area contributed by atoms with Gasteiger partial charge in [0, 0.05) is 10.7 Å². The Bertz CT molecular complexity index is 513. The van der Waals surface area contributed by atoms with E-state index in [1.807, 2.05) is 0 Å². The highest BCUT2D eigenvalue weighted by molar-refractivity contribution is 9.10. The van der Waals surface area contributed by atoms with Gasteiger partial charge in [0.2, 0.25) is 5.91 Å². The van der Waals surface area contributed by atoms with Gasteiger partial charge in [-0.3, -0.25) is 4.79 Å². The van der Waals surface area contributed by atoms with Crippen molar-refractivity contribution in [2.24, 2.45) is 5.73 Å². The molecule has 5 nitrogen and oxygen atoms in total. The predicted octanol–water partition coefficient (Wildman–Crippen LogP) is 0.750. The lowest BCUT2D eigenvalue weighted by molar-refractivity contribution is -0.116. The number of primary amides is 1. The monoisotopic (exact) mass is 306 g/mol. The Hall–Kier alpha value is -1.08. The Morgan fingerprint density at radius 1 is 1.50 bits per heavy atom. The summed E-state index contributed by atoms with van der Waals surface area (Å²) in [5.74, 6) is -0.556. The number of nitrogens with two attached hydrogens (primary N) is 1. The molecule has 0 saturated carbocycles. The number of amides is 1. The molecule has 0 unspecified atom stereocenters.